The summed E-state index contributed by atoms with van der Waals surface area (Å²) in [4.78, 5) is 0. The van der Waals surface area contributed by atoms with Crippen molar-refractivity contribution in [1.82, 2.24) is 0 Å². The smallest absolute Gasteiger partial charge is 0.0700 e. The average molecular weight is 160 g/mol. The van der Waals surface area contributed by atoms with Crippen molar-refractivity contribution in [2.45, 2.75) is 12.8 Å². The zero-order chi connectivity index (χ0) is 7.78. The standard InChI is InChI=1S/C8H16O3/c1-3-9-4-2-6-11-8-7-10-5-1/h1-8H2. The Morgan fingerprint density at radius 1 is 0.455 bits per heavy atom. The summed E-state index contributed by atoms with van der Waals surface area (Å²) in [5.41, 5.74) is 0. The lowest BCUT2D eigenvalue weighted by atomic mass is 10.4. The predicted octanol–water partition coefficient (Wildman–Crippen LogP) is 0.830. The zero-order valence-corrected chi connectivity index (χ0v) is 6.88. The Kier molecular flexibility index (Phi) is 5.37. The highest BCUT2D eigenvalue weighted by molar-refractivity contribution is 4.40. The molecule has 3 heteroatoms. The highest BCUT2D eigenvalue weighted by atomic mass is 16.5. The fraction of sp³-hybridized carbons (Fsp3) is 1.00. The van der Waals surface area contributed by atoms with Crippen LogP contribution in [-0.2, 0) is 14.2 Å². The molecular formula is C8H16O3. The molecule has 0 spiro atoms. The fourth-order valence-corrected chi connectivity index (χ4v) is 0.950. The molecule has 0 aromatic heterocycles. The Labute approximate surface area is 67.6 Å². The van der Waals surface area contributed by atoms with Gasteiger partial charge in [-0.25, -0.2) is 0 Å². The molecule has 0 aromatic carbocycles. The van der Waals surface area contributed by atoms with Crippen LogP contribution < -0.4 is 0 Å². The lowest BCUT2D eigenvalue weighted by Crippen LogP contribution is -2.05. The number of rotatable bonds is 0. The maximum absolute atomic E-state index is 5.31. The van der Waals surface area contributed by atoms with Crippen LogP contribution in [0, 0.1) is 0 Å². The van der Waals surface area contributed by atoms with Gasteiger partial charge >= 0.3 is 0 Å². The molecule has 0 N–H and O–H groups in total. The molecule has 0 aromatic rings. The Bertz CT molecular complexity index is 47.4. The summed E-state index contributed by atoms with van der Waals surface area (Å²) in [6.45, 7) is 4.67. The lowest BCUT2D eigenvalue weighted by Gasteiger charge is -2.01. The SMILES string of the molecule is C1COCCCOCCOC1. The fourth-order valence-electron chi connectivity index (χ4n) is 0.950. The molecule has 0 atom stereocenters. The van der Waals surface area contributed by atoms with Crippen LogP contribution in [0.25, 0.3) is 0 Å². The summed E-state index contributed by atoms with van der Waals surface area (Å²) in [6, 6.07) is 0. The lowest BCUT2D eigenvalue weighted by molar-refractivity contribution is 0.0494. The molecule has 0 radical (unpaired) electrons. The Balaban J connectivity index is 2.02. The maximum atomic E-state index is 5.31. The van der Waals surface area contributed by atoms with Crippen molar-refractivity contribution in [1.29, 1.82) is 0 Å². The van der Waals surface area contributed by atoms with Gasteiger partial charge in [-0.1, -0.05) is 0 Å². The van der Waals surface area contributed by atoms with Crippen LogP contribution in [0.2, 0.25) is 0 Å². The van der Waals surface area contributed by atoms with Crippen LogP contribution >= 0.6 is 0 Å². The van der Waals surface area contributed by atoms with E-state index in [1.165, 1.54) is 0 Å². The van der Waals surface area contributed by atoms with Gasteiger partial charge in [0.15, 0.2) is 0 Å². The first-order valence-corrected chi connectivity index (χ1v) is 4.23. The van der Waals surface area contributed by atoms with Crippen molar-refractivity contribution in [2.24, 2.45) is 0 Å². The molecule has 1 fully saturated rings. The molecule has 11 heavy (non-hydrogen) atoms. The first-order chi connectivity index (χ1) is 5.50. The van der Waals surface area contributed by atoms with Gasteiger partial charge in [0.2, 0.25) is 0 Å². The summed E-state index contributed by atoms with van der Waals surface area (Å²) in [5.74, 6) is 0. The molecule has 0 unspecified atom stereocenters. The van der Waals surface area contributed by atoms with E-state index in [9.17, 15) is 0 Å². The van der Waals surface area contributed by atoms with Gasteiger partial charge in [-0.15, -0.1) is 0 Å². The van der Waals surface area contributed by atoms with E-state index in [4.69, 9.17) is 14.2 Å². The average Bonchev–Trinajstić information content (AvgIpc) is 2.08. The van der Waals surface area contributed by atoms with Crippen LogP contribution in [0.1, 0.15) is 12.8 Å². The Morgan fingerprint density at radius 2 is 0.818 bits per heavy atom. The molecule has 3 nitrogen and oxygen atoms in total. The predicted molar refractivity (Wildman–Crippen MR) is 41.7 cm³/mol. The van der Waals surface area contributed by atoms with E-state index in [1.807, 2.05) is 0 Å². The van der Waals surface area contributed by atoms with Crippen LogP contribution in [0.4, 0.5) is 0 Å². The first kappa shape index (κ1) is 8.97. The van der Waals surface area contributed by atoms with Crippen molar-refractivity contribution >= 4 is 0 Å². The summed E-state index contributed by atoms with van der Waals surface area (Å²) in [7, 11) is 0. The van der Waals surface area contributed by atoms with Crippen LogP contribution in [0.3, 0.4) is 0 Å². The van der Waals surface area contributed by atoms with Gasteiger partial charge in [-0.05, 0) is 12.8 Å². The summed E-state index contributed by atoms with van der Waals surface area (Å²) >= 11 is 0. The quantitative estimate of drug-likeness (QED) is 0.525. The summed E-state index contributed by atoms with van der Waals surface area (Å²) < 4.78 is 15.8. The molecule has 0 amide bonds. The minimum Gasteiger partial charge on any atom is -0.381 e. The molecule has 0 aliphatic carbocycles. The van der Waals surface area contributed by atoms with E-state index in [-0.39, 0.29) is 0 Å². The van der Waals surface area contributed by atoms with Gasteiger partial charge in [0, 0.05) is 26.4 Å². The Morgan fingerprint density at radius 3 is 1.27 bits per heavy atom. The molecule has 1 saturated heterocycles. The van der Waals surface area contributed by atoms with E-state index >= 15 is 0 Å². The first-order valence-electron chi connectivity index (χ1n) is 4.23. The van der Waals surface area contributed by atoms with Crippen LogP contribution in [0.15, 0.2) is 0 Å². The second-order valence-electron chi connectivity index (χ2n) is 2.54. The topological polar surface area (TPSA) is 27.7 Å². The normalized spacial score (nSPS) is 24.0. The molecule has 66 valence electrons. The van der Waals surface area contributed by atoms with Crippen LogP contribution in [0.5, 0.6) is 0 Å². The second-order valence-corrected chi connectivity index (χ2v) is 2.54. The number of hydrogen-bond donors (Lipinski definition) is 0. The van der Waals surface area contributed by atoms with E-state index < -0.39 is 0 Å². The van der Waals surface area contributed by atoms with Crippen molar-refractivity contribution < 1.29 is 14.2 Å². The van der Waals surface area contributed by atoms with Crippen LogP contribution in [-0.4, -0.2) is 39.6 Å². The number of hydrogen-bond acceptors (Lipinski definition) is 3. The second kappa shape index (κ2) is 6.58. The molecule has 1 aliphatic rings. The highest BCUT2D eigenvalue weighted by Gasteiger charge is 1.95. The van der Waals surface area contributed by atoms with Gasteiger partial charge in [-0.3, -0.25) is 0 Å². The van der Waals surface area contributed by atoms with Crippen molar-refractivity contribution in [2.75, 3.05) is 39.6 Å². The van der Waals surface area contributed by atoms with Gasteiger partial charge in [0.05, 0.1) is 13.2 Å². The Hall–Kier alpha value is -0.120. The molecule has 1 heterocycles. The van der Waals surface area contributed by atoms with Gasteiger partial charge in [0.25, 0.3) is 0 Å². The third-order valence-electron chi connectivity index (χ3n) is 1.53. The van der Waals surface area contributed by atoms with Gasteiger partial charge < -0.3 is 14.2 Å². The van der Waals surface area contributed by atoms with E-state index in [0.717, 1.165) is 52.5 Å². The van der Waals surface area contributed by atoms with E-state index in [2.05, 4.69) is 0 Å². The maximum Gasteiger partial charge on any atom is 0.0700 e. The highest BCUT2D eigenvalue weighted by Crippen LogP contribution is 1.91. The number of ether oxygens (including phenoxy) is 3. The van der Waals surface area contributed by atoms with Crippen molar-refractivity contribution in [3.63, 3.8) is 0 Å². The summed E-state index contributed by atoms with van der Waals surface area (Å²) in [6.07, 6.45) is 2.00. The zero-order valence-electron chi connectivity index (χ0n) is 6.88. The third kappa shape index (κ3) is 5.18. The largest absolute Gasteiger partial charge is 0.381 e. The van der Waals surface area contributed by atoms with Gasteiger partial charge in [0.1, 0.15) is 0 Å². The van der Waals surface area contributed by atoms with Gasteiger partial charge in [-0.2, -0.15) is 0 Å². The van der Waals surface area contributed by atoms with E-state index in [1.54, 1.807) is 0 Å². The van der Waals surface area contributed by atoms with Crippen molar-refractivity contribution in [3.8, 4) is 0 Å². The third-order valence-corrected chi connectivity index (χ3v) is 1.53. The minimum atomic E-state index is 0.722. The monoisotopic (exact) mass is 160 g/mol. The minimum absolute atomic E-state index is 0.722. The molecule has 1 rings (SSSR count). The molecule has 0 bridgehead atoms. The molecule has 0 saturated carbocycles. The molecule has 1 aliphatic heterocycles. The molecular weight excluding hydrogens is 144 g/mol. The van der Waals surface area contributed by atoms with E-state index in [0.29, 0.717) is 0 Å². The summed E-state index contributed by atoms with van der Waals surface area (Å²) in [5, 5.41) is 0. The van der Waals surface area contributed by atoms with Crippen molar-refractivity contribution in [3.05, 3.63) is 0 Å².